The van der Waals surface area contributed by atoms with Crippen molar-refractivity contribution in [3.63, 3.8) is 0 Å². The number of hydrogen-bond acceptors (Lipinski definition) is 4. The molecule has 0 saturated carbocycles. The second-order valence-corrected chi connectivity index (χ2v) is 5.91. The summed E-state index contributed by atoms with van der Waals surface area (Å²) in [5.41, 5.74) is 0.832. The molecule has 4 nitrogen and oxygen atoms in total. The summed E-state index contributed by atoms with van der Waals surface area (Å²) in [6, 6.07) is 0. The Morgan fingerprint density at radius 1 is 1.15 bits per heavy atom. The minimum Gasteiger partial charge on any atom is -0.478 e. The number of hydrogen-bond donors (Lipinski definition) is 1. The quantitative estimate of drug-likeness (QED) is 0.422. The molecule has 0 atom stereocenters. The van der Waals surface area contributed by atoms with Gasteiger partial charge in [-0.15, -0.1) is 11.8 Å². The van der Waals surface area contributed by atoms with Crippen LogP contribution in [0.2, 0.25) is 0 Å². The van der Waals surface area contributed by atoms with Crippen molar-refractivity contribution in [2.24, 2.45) is 0 Å². The lowest BCUT2D eigenvalue weighted by Gasteiger charge is -2.09. The van der Waals surface area contributed by atoms with Crippen molar-refractivity contribution in [2.45, 2.75) is 64.3 Å². The van der Waals surface area contributed by atoms with Crippen molar-refractivity contribution in [3.8, 4) is 0 Å². The van der Waals surface area contributed by atoms with E-state index in [1.165, 1.54) is 25.7 Å². The summed E-state index contributed by atoms with van der Waals surface area (Å²) < 4.78 is 0. The predicted molar refractivity (Wildman–Crippen MR) is 82.6 cm³/mol. The van der Waals surface area contributed by atoms with Crippen molar-refractivity contribution in [3.05, 3.63) is 17.1 Å². The van der Waals surface area contributed by atoms with Crippen LogP contribution in [0.15, 0.2) is 5.03 Å². The molecule has 1 aromatic heterocycles. The summed E-state index contributed by atoms with van der Waals surface area (Å²) in [5, 5.41) is 9.91. The minimum absolute atomic E-state index is 0.265. The van der Waals surface area contributed by atoms with Crippen LogP contribution >= 0.6 is 11.8 Å². The molecule has 0 aliphatic heterocycles. The standard InChI is InChI=1S/C15H24N2O2S/c1-4-6-7-8-9-10-20-14-13(15(18)19)11(3)16-12(5-2)17-14/h4-10H2,1-3H3,(H,18,19). The highest BCUT2D eigenvalue weighted by atomic mass is 32.2. The Labute approximate surface area is 125 Å². The first kappa shape index (κ1) is 17.0. The number of thioether (sulfide) groups is 1. The second kappa shape index (κ2) is 8.95. The van der Waals surface area contributed by atoms with Crippen LogP contribution in [0.4, 0.5) is 0 Å². The van der Waals surface area contributed by atoms with Crippen LogP contribution in [-0.4, -0.2) is 26.8 Å². The van der Waals surface area contributed by atoms with E-state index >= 15 is 0 Å². The van der Waals surface area contributed by atoms with Crippen LogP contribution in [0.1, 0.15) is 67.8 Å². The van der Waals surface area contributed by atoms with Gasteiger partial charge in [0.2, 0.25) is 0 Å². The van der Waals surface area contributed by atoms with E-state index in [1.54, 1.807) is 18.7 Å². The lowest BCUT2D eigenvalue weighted by Crippen LogP contribution is -2.09. The fourth-order valence-corrected chi connectivity index (χ4v) is 3.08. The summed E-state index contributed by atoms with van der Waals surface area (Å²) >= 11 is 1.55. The third kappa shape index (κ3) is 5.12. The Kier molecular flexibility index (Phi) is 7.59. The zero-order valence-electron chi connectivity index (χ0n) is 12.6. The third-order valence-corrected chi connectivity index (χ3v) is 4.18. The highest BCUT2D eigenvalue weighted by Crippen LogP contribution is 2.24. The Morgan fingerprint density at radius 2 is 1.85 bits per heavy atom. The zero-order valence-corrected chi connectivity index (χ0v) is 13.4. The molecular formula is C15H24N2O2S. The minimum atomic E-state index is -0.932. The lowest BCUT2D eigenvalue weighted by molar-refractivity contribution is 0.0690. The van der Waals surface area contributed by atoms with Crippen molar-refractivity contribution >= 4 is 17.7 Å². The fourth-order valence-electron chi connectivity index (χ4n) is 1.99. The van der Waals surface area contributed by atoms with E-state index in [0.29, 0.717) is 10.7 Å². The maximum atomic E-state index is 11.3. The molecule has 0 amide bonds. The zero-order chi connectivity index (χ0) is 15.0. The van der Waals surface area contributed by atoms with Crippen molar-refractivity contribution in [1.82, 2.24) is 9.97 Å². The van der Waals surface area contributed by atoms with E-state index in [2.05, 4.69) is 16.9 Å². The van der Waals surface area contributed by atoms with Gasteiger partial charge in [-0.2, -0.15) is 0 Å². The number of aromatic carboxylic acids is 1. The molecule has 0 unspecified atom stereocenters. The molecule has 0 bridgehead atoms. The van der Waals surface area contributed by atoms with Crippen LogP contribution in [0.5, 0.6) is 0 Å². The molecule has 0 saturated heterocycles. The van der Waals surface area contributed by atoms with Crippen LogP contribution < -0.4 is 0 Å². The van der Waals surface area contributed by atoms with Crippen LogP contribution in [-0.2, 0) is 6.42 Å². The third-order valence-electron chi connectivity index (χ3n) is 3.12. The number of aromatic nitrogens is 2. The molecule has 20 heavy (non-hydrogen) atoms. The Morgan fingerprint density at radius 3 is 2.45 bits per heavy atom. The summed E-state index contributed by atoms with van der Waals surface area (Å²) in [4.78, 5) is 19.9. The van der Waals surface area contributed by atoms with Gasteiger partial charge in [0.05, 0.1) is 5.69 Å². The Bertz CT molecular complexity index is 450. The molecule has 1 aromatic rings. The van der Waals surface area contributed by atoms with Crippen molar-refractivity contribution in [1.29, 1.82) is 0 Å². The SMILES string of the molecule is CCCCCCCSc1nc(CC)nc(C)c1C(=O)O. The normalized spacial score (nSPS) is 10.8. The van der Waals surface area contributed by atoms with Crippen molar-refractivity contribution in [2.75, 3.05) is 5.75 Å². The number of rotatable bonds is 9. The van der Waals surface area contributed by atoms with Gasteiger partial charge in [-0.05, 0) is 19.1 Å². The van der Waals surface area contributed by atoms with Gasteiger partial charge in [0.25, 0.3) is 0 Å². The largest absolute Gasteiger partial charge is 0.478 e. The predicted octanol–water partition coefficient (Wildman–Crippen LogP) is 4.11. The Hall–Kier alpha value is -1.10. The molecule has 0 spiro atoms. The number of carboxylic acid groups (broad SMARTS) is 1. The number of unbranched alkanes of at least 4 members (excludes halogenated alkanes) is 4. The summed E-state index contributed by atoms with van der Waals surface area (Å²) in [6.07, 6.45) is 6.80. The number of aryl methyl sites for hydroxylation is 2. The molecule has 0 radical (unpaired) electrons. The molecule has 0 aromatic carbocycles. The molecule has 1 heterocycles. The first-order chi connectivity index (χ1) is 9.60. The first-order valence-corrected chi connectivity index (χ1v) is 8.32. The second-order valence-electron chi connectivity index (χ2n) is 4.83. The summed E-state index contributed by atoms with van der Waals surface area (Å²) in [6.45, 7) is 5.92. The highest BCUT2D eigenvalue weighted by molar-refractivity contribution is 7.99. The molecule has 5 heteroatoms. The van der Waals surface area contributed by atoms with Gasteiger partial charge in [-0.1, -0.05) is 39.5 Å². The highest BCUT2D eigenvalue weighted by Gasteiger charge is 2.17. The molecule has 1 rings (SSSR count). The van der Waals surface area contributed by atoms with Gasteiger partial charge in [-0.25, -0.2) is 14.8 Å². The Balaban J connectivity index is 2.67. The number of carbonyl (C=O) groups is 1. The fraction of sp³-hybridized carbons (Fsp3) is 0.667. The van der Waals surface area contributed by atoms with Crippen LogP contribution in [0.3, 0.4) is 0 Å². The first-order valence-electron chi connectivity index (χ1n) is 7.33. The molecule has 0 aliphatic rings. The lowest BCUT2D eigenvalue weighted by atomic mass is 10.2. The van der Waals surface area contributed by atoms with Crippen LogP contribution in [0.25, 0.3) is 0 Å². The van der Waals surface area contributed by atoms with Gasteiger partial charge in [0, 0.05) is 6.42 Å². The van der Waals surface area contributed by atoms with Gasteiger partial charge in [-0.3, -0.25) is 0 Å². The maximum absolute atomic E-state index is 11.3. The van der Waals surface area contributed by atoms with E-state index in [9.17, 15) is 9.90 Å². The number of carboxylic acids is 1. The molecule has 112 valence electrons. The van der Waals surface area contributed by atoms with Gasteiger partial charge >= 0.3 is 5.97 Å². The number of nitrogens with zero attached hydrogens (tertiary/aromatic N) is 2. The van der Waals surface area contributed by atoms with Gasteiger partial charge < -0.3 is 5.11 Å². The van der Waals surface area contributed by atoms with Crippen LogP contribution in [0, 0.1) is 6.92 Å². The van der Waals surface area contributed by atoms with E-state index in [1.807, 2.05) is 6.92 Å². The summed E-state index contributed by atoms with van der Waals surface area (Å²) in [5.74, 6) is 0.712. The van der Waals surface area contributed by atoms with Gasteiger partial charge in [0.1, 0.15) is 16.4 Å². The molecule has 0 fully saturated rings. The average molecular weight is 296 g/mol. The summed E-state index contributed by atoms with van der Waals surface area (Å²) in [7, 11) is 0. The van der Waals surface area contributed by atoms with E-state index < -0.39 is 5.97 Å². The smallest absolute Gasteiger partial charge is 0.340 e. The van der Waals surface area contributed by atoms with Crippen molar-refractivity contribution < 1.29 is 9.90 Å². The maximum Gasteiger partial charge on any atom is 0.340 e. The molecular weight excluding hydrogens is 272 g/mol. The monoisotopic (exact) mass is 296 g/mol. The van der Waals surface area contributed by atoms with E-state index in [0.717, 1.165) is 24.4 Å². The molecule has 0 aliphatic carbocycles. The van der Waals surface area contributed by atoms with E-state index in [4.69, 9.17) is 0 Å². The van der Waals surface area contributed by atoms with Gasteiger partial charge in [0.15, 0.2) is 0 Å². The molecule has 1 N–H and O–H groups in total. The van der Waals surface area contributed by atoms with E-state index in [-0.39, 0.29) is 5.56 Å². The topological polar surface area (TPSA) is 63.1 Å². The average Bonchev–Trinajstić information content (AvgIpc) is 2.41.